The van der Waals surface area contributed by atoms with Crippen LogP contribution in [0.15, 0.2) is 58.4 Å². The van der Waals surface area contributed by atoms with Gasteiger partial charge in [0.25, 0.3) is 0 Å². The molecule has 1 aromatic carbocycles. The third kappa shape index (κ3) is 3.72. The minimum atomic E-state index is -0.0846. The zero-order valence-corrected chi connectivity index (χ0v) is 16.1. The summed E-state index contributed by atoms with van der Waals surface area (Å²) in [7, 11) is 1.93. The number of aromatic nitrogens is 6. The molecule has 0 radical (unpaired) electrons. The molecule has 0 spiro atoms. The zero-order chi connectivity index (χ0) is 18.8. The maximum atomic E-state index is 6.03. The monoisotopic (exact) mass is 398 g/mol. The van der Waals surface area contributed by atoms with Crippen LogP contribution in [0.25, 0.3) is 22.8 Å². The summed E-state index contributed by atoms with van der Waals surface area (Å²) in [4.78, 5) is 4.03. The summed E-state index contributed by atoms with van der Waals surface area (Å²) in [5.74, 6) is 1.73. The van der Waals surface area contributed by atoms with E-state index in [0.29, 0.717) is 16.8 Å². The quantitative estimate of drug-likeness (QED) is 0.459. The lowest BCUT2D eigenvalue weighted by atomic mass is 10.2. The molecule has 3 aromatic heterocycles. The molecule has 9 heteroatoms. The molecule has 4 aromatic rings. The predicted octanol–water partition coefficient (Wildman–Crippen LogP) is 4.43. The van der Waals surface area contributed by atoms with Gasteiger partial charge >= 0.3 is 0 Å². The Labute approximate surface area is 164 Å². The highest BCUT2D eigenvalue weighted by Gasteiger charge is 2.20. The second-order valence-electron chi connectivity index (χ2n) is 5.82. The Morgan fingerprint density at radius 2 is 1.85 bits per heavy atom. The number of benzene rings is 1. The highest BCUT2D eigenvalue weighted by molar-refractivity contribution is 7.99. The van der Waals surface area contributed by atoms with Crippen molar-refractivity contribution in [3.63, 3.8) is 0 Å². The zero-order valence-electron chi connectivity index (χ0n) is 14.6. The molecule has 0 N–H and O–H groups in total. The fraction of sp³-hybridized carbons (Fsp3) is 0.167. The van der Waals surface area contributed by atoms with Crippen LogP contribution < -0.4 is 0 Å². The standard InChI is InChI=1S/C18H15ClN6OS/c1-11(16-22-23-17(26-16)13-4-3-5-14(19)10-13)27-18-24-21-15(25(18)2)12-6-8-20-9-7-12/h3-11H,1-2H3. The van der Waals surface area contributed by atoms with Crippen molar-refractivity contribution >= 4 is 23.4 Å². The van der Waals surface area contributed by atoms with Crippen LogP contribution in [0.4, 0.5) is 0 Å². The molecule has 1 unspecified atom stereocenters. The molecule has 0 aliphatic heterocycles. The van der Waals surface area contributed by atoms with Gasteiger partial charge in [0.05, 0.1) is 5.25 Å². The Morgan fingerprint density at radius 3 is 2.63 bits per heavy atom. The number of rotatable bonds is 5. The van der Waals surface area contributed by atoms with E-state index in [9.17, 15) is 0 Å². The summed E-state index contributed by atoms with van der Waals surface area (Å²) >= 11 is 7.53. The molecule has 0 saturated carbocycles. The normalized spacial score (nSPS) is 12.3. The minimum Gasteiger partial charge on any atom is -0.419 e. The van der Waals surface area contributed by atoms with Crippen LogP contribution in [0.2, 0.25) is 5.02 Å². The highest BCUT2D eigenvalue weighted by atomic mass is 35.5. The number of halogens is 1. The highest BCUT2D eigenvalue weighted by Crippen LogP contribution is 2.35. The summed E-state index contributed by atoms with van der Waals surface area (Å²) in [6, 6.07) is 11.1. The molecule has 27 heavy (non-hydrogen) atoms. The van der Waals surface area contributed by atoms with Gasteiger partial charge in [-0.25, -0.2) is 0 Å². The summed E-state index contributed by atoms with van der Waals surface area (Å²) < 4.78 is 7.76. The van der Waals surface area contributed by atoms with E-state index in [1.807, 2.05) is 42.8 Å². The molecular weight excluding hydrogens is 384 g/mol. The van der Waals surface area contributed by atoms with Crippen molar-refractivity contribution in [1.29, 1.82) is 0 Å². The Bertz CT molecular complexity index is 1060. The van der Waals surface area contributed by atoms with Crippen molar-refractivity contribution in [1.82, 2.24) is 29.9 Å². The number of hydrogen-bond acceptors (Lipinski definition) is 7. The van der Waals surface area contributed by atoms with Gasteiger partial charge in [-0.3, -0.25) is 4.98 Å². The molecule has 1 atom stereocenters. The average molecular weight is 399 g/mol. The largest absolute Gasteiger partial charge is 0.419 e. The molecule has 7 nitrogen and oxygen atoms in total. The molecule has 0 saturated heterocycles. The van der Waals surface area contributed by atoms with Gasteiger partial charge in [-0.15, -0.1) is 20.4 Å². The van der Waals surface area contributed by atoms with E-state index in [-0.39, 0.29) is 5.25 Å². The molecule has 0 aliphatic carbocycles. The van der Waals surface area contributed by atoms with Crippen molar-refractivity contribution in [3.05, 3.63) is 59.7 Å². The summed E-state index contributed by atoms with van der Waals surface area (Å²) in [5, 5.41) is 18.2. The van der Waals surface area contributed by atoms with Crippen LogP contribution in [0.1, 0.15) is 18.1 Å². The third-order valence-corrected chi connectivity index (χ3v) is 5.27. The molecule has 0 bridgehead atoms. The second-order valence-corrected chi connectivity index (χ2v) is 7.56. The summed E-state index contributed by atoms with van der Waals surface area (Å²) in [6.07, 6.45) is 3.46. The average Bonchev–Trinajstić information content (AvgIpc) is 3.31. The van der Waals surface area contributed by atoms with Gasteiger partial charge in [0, 0.05) is 35.6 Å². The molecular formula is C18H15ClN6OS. The lowest BCUT2D eigenvalue weighted by molar-refractivity contribution is 0.508. The van der Waals surface area contributed by atoms with Gasteiger partial charge in [0.1, 0.15) is 0 Å². The van der Waals surface area contributed by atoms with Crippen molar-refractivity contribution < 1.29 is 4.42 Å². The van der Waals surface area contributed by atoms with Gasteiger partial charge in [0.15, 0.2) is 11.0 Å². The number of hydrogen-bond donors (Lipinski definition) is 0. The Hall–Kier alpha value is -2.71. The summed E-state index contributed by atoms with van der Waals surface area (Å²) in [5.41, 5.74) is 1.75. The van der Waals surface area contributed by atoms with E-state index >= 15 is 0 Å². The maximum absolute atomic E-state index is 6.03. The third-order valence-electron chi connectivity index (χ3n) is 3.92. The first-order valence-corrected chi connectivity index (χ1v) is 9.43. The fourth-order valence-electron chi connectivity index (χ4n) is 2.52. The van der Waals surface area contributed by atoms with Crippen LogP contribution in [-0.2, 0) is 7.05 Å². The number of thioether (sulfide) groups is 1. The van der Waals surface area contributed by atoms with E-state index in [1.54, 1.807) is 24.5 Å². The molecule has 4 rings (SSSR count). The van der Waals surface area contributed by atoms with Crippen molar-refractivity contribution in [2.24, 2.45) is 7.05 Å². The predicted molar refractivity (Wildman–Crippen MR) is 103 cm³/mol. The van der Waals surface area contributed by atoms with Crippen LogP contribution in [0.3, 0.4) is 0 Å². The lowest BCUT2D eigenvalue weighted by Crippen LogP contribution is -1.97. The van der Waals surface area contributed by atoms with Gasteiger partial charge in [0.2, 0.25) is 11.8 Å². The number of nitrogens with zero attached hydrogens (tertiary/aromatic N) is 6. The topological polar surface area (TPSA) is 82.5 Å². The first-order valence-electron chi connectivity index (χ1n) is 8.17. The first-order chi connectivity index (χ1) is 13.1. The van der Waals surface area contributed by atoms with Gasteiger partial charge in [-0.2, -0.15) is 0 Å². The second kappa shape index (κ2) is 7.50. The van der Waals surface area contributed by atoms with Crippen LogP contribution in [-0.4, -0.2) is 29.9 Å². The van der Waals surface area contributed by atoms with Crippen LogP contribution in [0, 0.1) is 0 Å². The van der Waals surface area contributed by atoms with Gasteiger partial charge < -0.3 is 8.98 Å². The molecule has 136 valence electrons. The van der Waals surface area contributed by atoms with Crippen molar-refractivity contribution in [2.75, 3.05) is 0 Å². The maximum Gasteiger partial charge on any atom is 0.247 e. The SMILES string of the molecule is CC(Sc1nnc(-c2ccncc2)n1C)c1nnc(-c2cccc(Cl)c2)o1. The number of pyridine rings is 1. The van der Waals surface area contributed by atoms with E-state index in [4.69, 9.17) is 16.0 Å². The summed E-state index contributed by atoms with van der Waals surface area (Å²) in [6.45, 7) is 1.99. The van der Waals surface area contributed by atoms with E-state index in [1.165, 1.54) is 11.8 Å². The Morgan fingerprint density at radius 1 is 1.04 bits per heavy atom. The van der Waals surface area contributed by atoms with E-state index in [0.717, 1.165) is 22.1 Å². The van der Waals surface area contributed by atoms with E-state index < -0.39 is 0 Å². The molecule has 0 fully saturated rings. The Kier molecular flexibility index (Phi) is 4.91. The fourth-order valence-corrected chi connectivity index (χ4v) is 3.55. The lowest BCUT2D eigenvalue weighted by Gasteiger charge is -2.07. The molecule has 0 aliphatic rings. The molecule has 3 heterocycles. The van der Waals surface area contributed by atoms with Gasteiger partial charge in [-0.1, -0.05) is 29.4 Å². The van der Waals surface area contributed by atoms with Crippen molar-refractivity contribution in [2.45, 2.75) is 17.3 Å². The minimum absolute atomic E-state index is 0.0846. The molecule has 0 amide bonds. The van der Waals surface area contributed by atoms with Gasteiger partial charge in [-0.05, 0) is 37.3 Å². The van der Waals surface area contributed by atoms with Crippen LogP contribution in [0.5, 0.6) is 0 Å². The smallest absolute Gasteiger partial charge is 0.247 e. The first kappa shape index (κ1) is 17.7. The van der Waals surface area contributed by atoms with E-state index in [2.05, 4.69) is 25.4 Å². The Balaban J connectivity index is 1.53. The van der Waals surface area contributed by atoms with Crippen LogP contribution >= 0.6 is 23.4 Å². The van der Waals surface area contributed by atoms with Crippen molar-refractivity contribution in [3.8, 4) is 22.8 Å².